The molecule has 0 amide bonds. The second kappa shape index (κ2) is 4.28. The van der Waals surface area contributed by atoms with Crippen molar-refractivity contribution in [2.24, 2.45) is 7.05 Å². The third kappa shape index (κ3) is 2.54. The Morgan fingerprint density at radius 3 is 2.87 bits per heavy atom. The van der Waals surface area contributed by atoms with Crippen LogP contribution in [0.3, 0.4) is 0 Å². The van der Waals surface area contributed by atoms with Crippen molar-refractivity contribution in [3.63, 3.8) is 0 Å². The van der Waals surface area contributed by atoms with E-state index in [1.807, 2.05) is 19.4 Å². The van der Waals surface area contributed by atoms with Gasteiger partial charge < -0.3 is 5.32 Å². The van der Waals surface area contributed by atoms with Crippen LogP contribution in [-0.4, -0.2) is 20.0 Å². The Kier molecular flexibility index (Phi) is 3.01. The van der Waals surface area contributed by atoms with Crippen molar-refractivity contribution in [2.75, 3.05) is 5.32 Å². The molecule has 2 heterocycles. The lowest BCUT2D eigenvalue weighted by atomic mass is 10.2. The summed E-state index contributed by atoms with van der Waals surface area (Å²) >= 11 is 4.74. The molecule has 7 heteroatoms. The molecule has 80 valence electrons. The Morgan fingerprint density at radius 2 is 2.33 bits per heavy atom. The van der Waals surface area contributed by atoms with E-state index >= 15 is 0 Å². The zero-order valence-electron chi connectivity index (χ0n) is 8.31. The number of halogens is 1. The molecule has 2 aromatic heterocycles. The van der Waals surface area contributed by atoms with E-state index in [-0.39, 0.29) is 6.04 Å². The van der Waals surface area contributed by atoms with E-state index in [1.165, 1.54) is 11.3 Å². The molecular formula is C8H10BrN5S. The molecule has 0 aromatic carbocycles. The first kappa shape index (κ1) is 10.6. The zero-order chi connectivity index (χ0) is 10.8. The van der Waals surface area contributed by atoms with Gasteiger partial charge in [0.05, 0.1) is 12.2 Å². The molecule has 2 rings (SSSR count). The summed E-state index contributed by atoms with van der Waals surface area (Å²) in [5, 5.41) is 16.0. The number of rotatable bonds is 3. The number of hydrogen-bond donors (Lipinski definition) is 1. The molecule has 0 saturated heterocycles. The van der Waals surface area contributed by atoms with Crippen LogP contribution in [0.2, 0.25) is 0 Å². The summed E-state index contributed by atoms with van der Waals surface area (Å²) in [6.45, 7) is 2.06. The largest absolute Gasteiger partial charge is 0.353 e. The number of anilines is 1. The van der Waals surface area contributed by atoms with Gasteiger partial charge in [-0.1, -0.05) is 11.3 Å². The van der Waals surface area contributed by atoms with E-state index in [1.54, 1.807) is 4.68 Å². The van der Waals surface area contributed by atoms with E-state index < -0.39 is 0 Å². The molecule has 5 nitrogen and oxygen atoms in total. The highest BCUT2D eigenvalue weighted by Gasteiger charge is 2.09. The maximum absolute atomic E-state index is 4.12. The molecular weight excluding hydrogens is 278 g/mol. The molecule has 0 aliphatic rings. The van der Waals surface area contributed by atoms with E-state index in [0.29, 0.717) is 0 Å². The van der Waals surface area contributed by atoms with Gasteiger partial charge in [0.2, 0.25) is 5.13 Å². The van der Waals surface area contributed by atoms with Crippen LogP contribution >= 0.6 is 27.3 Å². The Morgan fingerprint density at radius 1 is 1.53 bits per heavy atom. The highest BCUT2D eigenvalue weighted by atomic mass is 79.9. The van der Waals surface area contributed by atoms with E-state index in [9.17, 15) is 0 Å². The summed E-state index contributed by atoms with van der Waals surface area (Å²) < 4.78 is 2.56. The molecule has 0 spiro atoms. The van der Waals surface area contributed by atoms with Gasteiger partial charge in [-0.25, -0.2) is 0 Å². The van der Waals surface area contributed by atoms with Gasteiger partial charge in [0.15, 0.2) is 3.92 Å². The van der Waals surface area contributed by atoms with Crippen molar-refractivity contribution in [1.29, 1.82) is 0 Å². The van der Waals surface area contributed by atoms with Crippen LogP contribution in [-0.2, 0) is 7.05 Å². The SMILES string of the molecule is CC(Nc1nnc(Br)s1)c1cnn(C)c1. The lowest BCUT2D eigenvalue weighted by molar-refractivity contribution is 0.765. The van der Waals surface area contributed by atoms with Gasteiger partial charge in [-0.2, -0.15) is 5.10 Å². The van der Waals surface area contributed by atoms with Crippen molar-refractivity contribution in [2.45, 2.75) is 13.0 Å². The summed E-state index contributed by atoms with van der Waals surface area (Å²) in [4.78, 5) is 0. The maximum Gasteiger partial charge on any atom is 0.206 e. The van der Waals surface area contributed by atoms with Crippen LogP contribution < -0.4 is 5.32 Å². The second-order valence-electron chi connectivity index (χ2n) is 3.17. The van der Waals surface area contributed by atoms with E-state index in [0.717, 1.165) is 14.6 Å². The Balaban J connectivity index is 2.06. The third-order valence-corrected chi connectivity index (χ3v) is 3.25. The lowest BCUT2D eigenvalue weighted by Gasteiger charge is -2.09. The molecule has 0 bridgehead atoms. The molecule has 0 radical (unpaired) electrons. The molecule has 1 N–H and O–H groups in total. The van der Waals surface area contributed by atoms with Gasteiger partial charge >= 0.3 is 0 Å². The summed E-state index contributed by atoms with van der Waals surface area (Å²) in [5.41, 5.74) is 1.13. The van der Waals surface area contributed by atoms with Crippen molar-refractivity contribution >= 4 is 32.4 Å². The Labute approximate surface area is 99.7 Å². The van der Waals surface area contributed by atoms with Crippen molar-refractivity contribution in [3.05, 3.63) is 21.9 Å². The average molecular weight is 288 g/mol. The Hall–Kier alpha value is -0.950. The van der Waals surface area contributed by atoms with E-state index in [4.69, 9.17) is 0 Å². The molecule has 0 saturated carbocycles. The van der Waals surface area contributed by atoms with Crippen molar-refractivity contribution in [1.82, 2.24) is 20.0 Å². The van der Waals surface area contributed by atoms with Gasteiger partial charge in [0, 0.05) is 18.8 Å². The lowest BCUT2D eigenvalue weighted by Crippen LogP contribution is -2.05. The first-order valence-corrected chi connectivity index (χ1v) is 6.00. The van der Waals surface area contributed by atoms with Crippen LogP contribution in [0.5, 0.6) is 0 Å². The van der Waals surface area contributed by atoms with Crippen LogP contribution in [0.1, 0.15) is 18.5 Å². The van der Waals surface area contributed by atoms with Gasteiger partial charge in [-0.05, 0) is 22.9 Å². The fraction of sp³-hybridized carbons (Fsp3) is 0.375. The van der Waals surface area contributed by atoms with Gasteiger partial charge in [0.1, 0.15) is 0 Å². The van der Waals surface area contributed by atoms with Gasteiger partial charge in [-0.15, -0.1) is 10.2 Å². The summed E-state index contributed by atoms with van der Waals surface area (Å²) in [5.74, 6) is 0. The standard InChI is InChI=1S/C8H10BrN5S/c1-5(6-3-10-14(2)4-6)11-8-13-12-7(9)15-8/h3-5H,1-2H3,(H,11,13). The average Bonchev–Trinajstić information content (AvgIpc) is 2.75. The number of aromatic nitrogens is 4. The summed E-state index contributed by atoms with van der Waals surface area (Å²) in [7, 11) is 1.90. The first-order valence-electron chi connectivity index (χ1n) is 4.39. The van der Waals surface area contributed by atoms with Gasteiger partial charge in [-0.3, -0.25) is 4.68 Å². The summed E-state index contributed by atoms with van der Waals surface area (Å²) in [6.07, 6.45) is 3.82. The maximum atomic E-state index is 4.12. The quantitative estimate of drug-likeness (QED) is 0.940. The predicted octanol–water partition coefficient (Wildman–Crippen LogP) is 2.21. The monoisotopic (exact) mass is 287 g/mol. The van der Waals surface area contributed by atoms with Crippen molar-refractivity contribution in [3.8, 4) is 0 Å². The predicted molar refractivity (Wildman–Crippen MR) is 62.9 cm³/mol. The number of nitrogens with one attached hydrogen (secondary N) is 1. The number of aryl methyl sites for hydroxylation is 1. The smallest absolute Gasteiger partial charge is 0.206 e. The highest BCUT2D eigenvalue weighted by molar-refractivity contribution is 9.11. The first-order chi connectivity index (χ1) is 7.15. The van der Waals surface area contributed by atoms with Gasteiger partial charge in [0.25, 0.3) is 0 Å². The fourth-order valence-electron chi connectivity index (χ4n) is 1.20. The second-order valence-corrected chi connectivity index (χ2v) is 5.43. The number of hydrogen-bond acceptors (Lipinski definition) is 5. The molecule has 0 fully saturated rings. The normalized spacial score (nSPS) is 12.7. The van der Waals surface area contributed by atoms with E-state index in [2.05, 4.69) is 43.5 Å². The minimum Gasteiger partial charge on any atom is -0.353 e. The molecule has 0 aliphatic heterocycles. The van der Waals surface area contributed by atoms with Crippen LogP contribution in [0.4, 0.5) is 5.13 Å². The van der Waals surface area contributed by atoms with Crippen molar-refractivity contribution < 1.29 is 0 Å². The fourth-order valence-corrected chi connectivity index (χ4v) is 2.29. The topological polar surface area (TPSA) is 55.6 Å². The van der Waals surface area contributed by atoms with Crippen LogP contribution in [0.15, 0.2) is 16.3 Å². The summed E-state index contributed by atoms with van der Waals surface area (Å²) in [6, 6.07) is 0.179. The third-order valence-electron chi connectivity index (χ3n) is 1.97. The minimum absolute atomic E-state index is 0.179. The zero-order valence-corrected chi connectivity index (χ0v) is 10.7. The molecule has 2 aromatic rings. The molecule has 1 atom stereocenters. The molecule has 0 aliphatic carbocycles. The molecule has 1 unspecified atom stereocenters. The minimum atomic E-state index is 0.179. The number of nitrogens with zero attached hydrogens (tertiary/aromatic N) is 4. The van der Waals surface area contributed by atoms with Crippen LogP contribution in [0, 0.1) is 0 Å². The Bertz CT molecular complexity index is 451. The van der Waals surface area contributed by atoms with Crippen LogP contribution in [0.25, 0.3) is 0 Å². The highest BCUT2D eigenvalue weighted by Crippen LogP contribution is 2.24. The molecule has 15 heavy (non-hydrogen) atoms.